The van der Waals surface area contributed by atoms with Crippen LogP contribution in [0.1, 0.15) is 5.56 Å². The molecule has 0 amide bonds. The van der Waals surface area contributed by atoms with E-state index in [1.54, 1.807) is 12.3 Å². The second-order valence-electron chi connectivity index (χ2n) is 1.88. The molecular formula is C6H6LiN3O. The maximum atomic E-state index is 9.60. The van der Waals surface area contributed by atoms with Crippen molar-refractivity contribution in [3.63, 3.8) is 0 Å². The van der Waals surface area contributed by atoms with Crippen LogP contribution in [0.25, 0.3) is 0 Å². The second-order valence-corrected chi connectivity index (χ2v) is 1.88. The third-order valence-corrected chi connectivity index (χ3v) is 1.04. The third kappa shape index (κ3) is 3.17. The number of pyridine rings is 1. The second kappa shape index (κ2) is 4.89. The molecule has 0 spiro atoms. The fraction of sp³-hybridized carbons (Fsp3) is 0.167. The molecule has 52 valence electrons. The van der Waals surface area contributed by atoms with Gasteiger partial charge in [-0.05, 0) is 18.6 Å². The number of nitrogens with zero attached hydrogens (tertiary/aromatic N) is 3. The van der Waals surface area contributed by atoms with Gasteiger partial charge in [0.05, 0.1) is 0 Å². The summed E-state index contributed by atoms with van der Waals surface area (Å²) >= 11 is 0. The van der Waals surface area contributed by atoms with E-state index in [1.165, 1.54) is 0 Å². The van der Waals surface area contributed by atoms with Gasteiger partial charge < -0.3 is 5.21 Å². The fourth-order valence-electron chi connectivity index (χ4n) is 0.561. The third-order valence-electron chi connectivity index (χ3n) is 1.04. The van der Waals surface area contributed by atoms with Gasteiger partial charge in [-0.3, -0.25) is 0 Å². The monoisotopic (exact) mass is 143 g/mol. The van der Waals surface area contributed by atoms with Crippen LogP contribution in [0, 0.1) is 12.1 Å². The number of aromatic nitrogens is 1. The van der Waals surface area contributed by atoms with Crippen molar-refractivity contribution in [1.82, 2.24) is 4.98 Å². The summed E-state index contributed by atoms with van der Waals surface area (Å²) in [5.41, 5.74) is 1.03. The summed E-state index contributed by atoms with van der Waals surface area (Å²) in [5, 5.41) is 15.2. The zero-order valence-electron chi connectivity index (χ0n) is 6.48. The number of aryl methyl sites for hydroxylation is 1. The van der Waals surface area contributed by atoms with E-state index in [4.69, 9.17) is 0 Å². The van der Waals surface area contributed by atoms with E-state index in [9.17, 15) is 5.21 Å². The minimum Gasteiger partial charge on any atom is -0.775 e. The molecule has 0 N–H and O–H groups in total. The molecule has 5 heteroatoms. The molecule has 1 rings (SSSR count). The van der Waals surface area contributed by atoms with Crippen LogP contribution < -0.4 is 18.9 Å². The van der Waals surface area contributed by atoms with Crippen LogP contribution in [0.15, 0.2) is 28.7 Å². The topological polar surface area (TPSA) is 60.7 Å². The van der Waals surface area contributed by atoms with Gasteiger partial charge in [-0.1, -0.05) is 6.07 Å². The quantitative estimate of drug-likeness (QED) is 0.287. The number of rotatable bonds is 1. The molecule has 1 aromatic heterocycles. The van der Waals surface area contributed by atoms with Gasteiger partial charge in [0.2, 0.25) is 0 Å². The summed E-state index contributed by atoms with van der Waals surface area (Å²) < 4.78 is 0. The van der Waals surface area contributed by atoms with Crippen molar-refractivity contribution in [2.75, 3.05) is 0 Å². The van der Waals surface area contributed by atoms with Crippen molar-refractivity contribution >= 4 is 5.82 Å². The minimum atomic E-state index is 0. The Morgan fingerprint density at radius 2 is 2.18 bits per heavy atom. The maximum absolute atomic E-state index is 9.60. The summed E-state index contributed by atoms with van der Waals surface area (Å²) in [6.07, 6.45) is 1.63. The Hall–Kier alpha value is -0.853. The van der Waals surface area contributed by atoms with Crippen LogP contribution in [-0.4, -0.2) is 4.98 Å². The van der Waals surface area contributed by atoms with Crippen molar-refractivity contribution in [3.8, 4) is 0 Å². The molecule has 0 aliphatic rings. The smallest absolute Gasteiger partial charge is 0.775 e. The first-order valence-corrected chi connectivity index (χ1v) is 2.79. The summed E-state index contributed by atoms with van der Waals surface area (Å²) in [5.74, 6) is 0.348. The Morgan fingerprint density at radius 1 is 1.45 bits per heavy atom. The molecular weight excluding hydrogens is 137 g/mol. The summed E-state index contributed by atoms with van der Waals surface area (Å²) in [6, 6.07) is 3.45. The van der Waals surface area contributed by atoms with Gasteiger partial charge >= 0.3 is 18.9 Å². The van der Waals surface area contributed by atoms with E-state index in [0.29, 0.717) is 5.82 Å². The van der Waals surface area contributed by atoms with Gasteiger partial charge in [-0.2, -0.15) is 0 Å². The zero-order valence-corrected chi connectivity index (χ0v) is 6.48. The molecule has 0 aliphatic carbocycles. The zero-order chi connectivity index (χ0) is 7.40. The van der Waals surface area contributed by atoms with E-state index in [1.807, 2.05) is 13.0 Å². The van der Waals surface area contributed by atoms with Crippen LogP contribution in [0.4, 0.5) is 5.82 Å². The molecule has 1 aromatic rings. The maximum Gasteiger partial charge on any atom is 1.00 e. The molecule has 0 atom stereocenters. The van der Waals surface area contributed by atoms with Crippen molar-refractivity contribution < 1.29 is 18.9 Å². The van der Waals surface area contributed by atoms with Crippen molar-refractivity contribution in [2.24, 2.45) is 10.4 Å². The average molecular weight is 143 g/mol. The molecule has 0 saturated heterocycles. The predicted octanol–water partition coefficient (Wildman–Crippen LogP) is -1.02. The molecule has 0 aromatic carbocycles. The average Bonchev–Trinajstić information content (AvgIpc) is 1.95. The molecule has 4 nitrogen and oxygen atoms in total. The summed E-state index contributed by atoms with van der Waals surface area (Å²) in [6.45, 7) is 1.91. The predicted molar refractivity (Wildman–Crippen MR) is 36.9 cm³/mol. The molecule has 0 saturated carbocycles. The van der Waals surface area contributed by atoms with E-state index >= 15 is 0 Å². The SMILES string of the molecule is Cc1ccc(N=N[O-])nc1.[Li+]. The molecule has 0 radical (unpaired) electrons. The molecule has 0 fully saturated rings. The van der Waals surface area contributed by atoms with Gasteiger partial charge in [0.15, 0.2) is 5.82 Å². The van der Waals surface area contributed by atoms with Crippen LogP contribution in [0.3, 0.4) is 0 Å². The van der Waals surface area contributed by atoms with E-state index in [0.717, 1.165) is 5.56 Å². The van der Waals surface area contributed by atoms with Crippen LogP contribution >= 0.6 is 0 Å². The Labute approximate surface area is 76.5 Å². The Kier molecular flexibility index (Phi) is 4.51. The molecule has 0 bridgehead atoms. The number of hydrogen-bond donors (Lipinski definition) is 0. The molecule has 1 heterocycles. The first-order chi connectivity index (χ1) is 4.83. The van der Waals surface area contributed by atoms with Gasteiger partial charge in [0, 0.05) is 6.20 Å². The molecule has 0 aliphatic heterocycles. The van der Waals surface area contributed by atoms with Gasteiger partial charge in [0.1, 0.15) is 0 Å². The van der Waals surface area contributed by atoms with Gasteiger partial charge in [-0.25, -0.2) is 10.3 Å². The Balaban J connectivity index is 0.000001000. The van der Waals surface area contributed by atoms with E-state index < -0.39 is 0 Å². The van der Waals surface area contributed by atoms with E-state index in [2.05, 4.69) is 15.4 Å². The first-order valence-electron chi connectivity index (χ1n) is 2.79. The standard InChI is InChI=1S/C6H7N3O.Li/c1-5-2-3-6(7-4-5)8-9-10;/h2-4H,1H3,(H,7,8,10);/q;+1/p-1. The molecule has 0 unspecified atom stereocenters. The summed E-state index contributed by atoms with van der Waals surface area (Å²) in [7, 11) is 0. The van der Waals surface area contributed by atoms with Crippen LogP contribution in [0.5, 0.6) is 0 Å². The first kappa shape index (κ1) is 10.1. The summed E-state index contributed by atoms with van der Waals surface area (Å²) in [4.78, 5) is 3.81. The minimum absolute atomic E-state index is 0. The van der Waals surface area contributed by atoms with Crippen LogP contribution in [0.2, 0.25) is 0 Å². The molecule has 11 heavy (non-hydrogen) atoms. The van der Waals surface area contributed by atoms with Gasteiger partial charge in [0.25, 0.3) is 0 Å². The Bertz CT molecular complexity index is 234. The van der Waals surface area contributed by atoms with E-state index in [-0.39, 0.29) is 18.9 Å². The van der Waals surface area contributed by atoms with Crippen molar-refractivity contribution in [3.05, 3.63) is 29.1 Å². The largest absolute Gasteiger partial charge is 1.00 e. The van der Waals surface area contributed by atoms with Crippen LogP contribution in [-0.2, 0) is 0 Å². The Morgan fingerprint density at radius 3 is 2.64 bits per heavy atom. The van der Waals surface area contributed by atoms with Crippen molar-refractivity contribution in [2.45, 2.75) is 6.92 Å². The van der Waals surface area contributed by atoms with Crippen molar-refractivity contribution in [1.29, 1.82) is 0 Å². The van der Waals surface area contributed by atoms with Gasteiger partial charge in [-0.15, -0.1) is 5.11 Å². The normalized spacial score (nSPS) is 9.55. The fourth-order valence-corrected chi connectivity index (χ4v) is 0.561. The number of hydrogen-bond acceptors (Lipinski definition) is 4.